The molecule has 0 aliphatic carbocycles. The Balaban J connectivity index is 2.41. The summed E-state index contributed by atoms with van der Waals surface area (Å²) in [7, 11) is 0. The molecule has 0 saturated carbocycles. The van der Waals surface area contributed by atoms with E-state index in [1.165, 1.54) is 30.3 Å². The summed E-state index contributed by atoms with van der Waals surface area (Å²) in [6.45, 7) is 0. The van der Waals surface area contributed by atoms with Crippen molar-refractivity contribution < 1.29 is 22.7 Å². The topological polar surface area (TPSA) is 26.3 Å². The minimum Gasteiger partial charge on any atom is -0.405 e. The fourth-order valence-corrected chi connectivity index (χ4v) is 2.18. The molecule has 2 aromatic rings. The number of rotatable bonds is 3. The monoisotopic (exact) mass is 426 g/mol. The Morgan fingerprint density at radius 1 is 1.14 bits per heavy atom. The molecule has 0 aliphatic rings. The first-order valence-electron chi connectivity index (χ1n) is 5.62. The molecule has 2 nitrogen and oxygen atoms in total. The molecular weight excluding hydrogens is 420 g/mol. The summed E-state index contributed by atoms with van der Waals surface area (Å²) < 4.78 is 41.7. The summed E-state index contributed by atoms with van der Waals surface area (Å²) >= 11 is 7.91. The molecule has 0 saturated heterocycles. The van der Waals surface area contributed by atoms with Gasteiger partial charge in [0, 0.05) is 9.13 Å². The van der Waals surface area contributed by atoms with E-state index in [-0.39, 0.29) is 11.1 Å². The van der Waals surface area contributed by atoms with Crippen LogP contribution in [0.2, 0.25) is 5.02 Å². The van der Waals surface area contributed by atoms with Crippen LogP contribution in [0.15, 0.2) is 42.5 Å². The molecular formula is C14H7ClF3IO2. The van der Waals surface area contributed by atoms with Gasteiger partial charge in [0.05, 0.1) is 10.6 Å². The van der Waals surface area contributed by atoms with Crippen molar-refractivity contribution in [2.24, 2.45) is 0 Å². The lowest BCUT2D eigenvalue weighted by Gasteiger charge is -2.12. The third-order valence-corrected chi connectivity index (χ3v) is 4.11. The van der Waals surface area contributed by atoms with Gasteiger partial charge in [0.2, 0.25) is 0 Å². The maximum absolute atomic E-state index is 12.3. The number of benzene rings is 2. The van der Waals surface area contributed by atoms with Crippen LogP contribution in [0.4, 0.5) is 13.2 Å². The van der Waals surface area contributed by atoms with E-state index < -0.39 is 17.9 Å². The zero-order valence-electron chi connectivity index (χ0n) is 10.2. The van der Waals surface area contributed by atoms with Gasteiger partial charge in [0.15, 0.2) is 5.78 Å². The molecule has 110 valence electrons. The standard InChI is InChI=1S/C14H7ClF3IO2/c15-10-7-8(5-6-11(10)19)13(20)9-3-1-2-4-12(9)21-14(16,17)18/h1-7H. The Morgan fingerprint density at radius 2 is 1.81 bits per heavy atom. The number of para-hydroxylation sites is 1. The third kappa shape index (κ3) is 4.10. The molecule has 0 fully saturated rings. The maximum atomic E-state index is 12.3. The van der Waals surface area contributed by atoms with Crippen molar-refractivity contribution in [2.75, 3.05) is 0 Å². The highest BCUT2D eigenvalue weighted by atomic mass is 127. The molecule has 21 heavy (non-hydrogen) atoms. The van der Waals surface area contributed by atoms with E-state index in [0.29, 0.717) is 5.02 Å². The molecule has 2 rings (SSSR count). The Hall–Kier alpha value is -1.28. The quantitative estimate of drug-likeness (QED) is 0.506. The average Bonchev–Trinajstić information content (AvgIpc) is 2.40. The van der Waals surface area contributed by atoms with E-state index in [1.54, 1.807) is 6.07 Å². The number of ketones is 1. The van der Waals surface area contributed by atoms with Crippen molar-refractivity contribution in [3.8, 4) is 5.75 Å². The Labute approximate surface area is 137 Å². The van der Waals surface area contributed by atoms with Gasteiger partial charge < -0.3 is 4.74 Å². The van der Waals surface area contributed by atoms with Crippen molar-refractivity contribution in [1.82, 2.24) is 0 Å². The van der Waals surface area contributed by atoms with Gasteiger partial charge in [-0.05, 0) is 52.9 Å². The lowest BCUT2D eigenvalue weighted by Crippen LogP contribution is -2.19. The highest BCUT2D eigenvalue weighted by Gasteiger charge is 2.32. The molecule has 0 unspecified atom stereocenters. The van der Waals surface area contributed by atoms with Crippen molar-refractivity contribution in [3.63, 3.8) is 0 Å². The van der Waals surface area contributed by atoms with Crippen LogP contribution in [0.1, 0.15) is 15.9 Å². The van der Waals surface area contributed by atoms with Crippen LogP contribution in [0, 0.1) is 3.57 Å². The molecule has 0 spiro atoms. The minimum atomic E-state index is -4.86. The van der Waals surface area contributed by atoms with Crippen molar-refractivity contribution >= 4 is 40.0 Å². The first-order chi connectivity index (χ1) is 9.78. The van der Waals surface area contributed by atoms with Crippen LogP contribution in [-0.4, -0.2) is 12.1 Å². The average molecular weight is 427 g/mol. The predicted octanol–water partition coefficient (Wildman–Crippen LogP) is 5.07. The fraction of sp³-hybridized carbons (Fsp3) is 0.0714. The van der Waals surface area contributed by atoms with E-state index in [9.17, 15) is 18.0 Å². The van der Waals surface area contributed by atoms with E-state index in [0.717, 1.165) is 9.64 Å². The number of carbonyl (C=O) groups is 1. The van der Waals surface area contributed by atoms with Gasteiger partial charge in [0.1, 0.15) is 5.75 Å². The van der Waals surface area contributed by atoms with E-state index in [1.807, 2.05) is 22.6 Å². The molecule has 0 radical (unpaired) electrons. The zero-order valence-corrected chi connectivity index (χ0v) is 13.2. The summed E-state index contributed by atoms with van der Waals surface area (Å²) in [5.41, 5.74) is 0.0192. The smallest absolute Gasteiger partial charge is 0.405 e. The highest BCUT2D eigenvalue weighted by molar-refractivity contribution is 14.1. The maximum Gasteiger partial charge on any atom is 0.573 e. The lowest BCUT2D eigenvalue weighted by atomic mass is 10.0. The van der Waals surface area contributed by atoms with E-state index >= 15 is 0 Å². The van der Waals surface area contributed by atoms with Crippen LogP contribution in [0.25, 0.3) is 0 Å². The van der Waals surface area contributed by atoms with Crippen molar-refractivity contribution in [1.29, 1.82) is 0 Å². The van der Waals surface area contributed by atoms with E-state index in [2.05, 4.69) is 4.74 Å². The second-order valence-electron chi connectivity index (χ2n) is 4.00. The van der Waals surface area contributed by atoms with Gasteiger partial charge in [0.25, 0.3) is 0 Å². The number of carbonyl (C=O) groups excluding carboxylic acids is 1. The zero-order chi connectivity index (χ0) is 15.6. The SMILES string of the molecule is O=C(c1ccc(I)c(Cl)c1)c1ccccc1OC(F)(F)F. The molecule has 0 N–H and O–H groups in total. The number of halogens is 5. The Kier molecular flexibility index (Phi) is 4.77. The molecule has 2 aromatic carbocycles. The summed E-state index contributed by atoms with van der Waals surface area (Å²) in [6.07, 6.45) is -4.86. The number of hydrogen-bond acceptors (Lipinski definition) is 2. The molecule has 7 heteroatoms. The minimum absolute atomic E-state index is 0.174. The van der Waals surface area contributed by atoms with Crippen LogP contribution in [0.5, 0.6) is 5.75 Å². The molecule has 0 atom stereocenters. The first kappa shape index (κ1) is 16.1. The molecule has 0 heterocycles. The molecule has 0 bridgehead atoms. The Bertz CT molecular complexity index is 686. The summed E-state index contributed by atoms with van der Waals surface area (Å²) in [4.78, 5) is 12.3. The molecule has 0 aromatic heterocycles. The van der Waals surface area contributed by atoms with Gasteiger partial charge in [-0.25, -0.2) is 0 Å². The van der Waals surface area contributed by atoms with Gasteiger partial charge in [-0.15, -0.1) is 13.2 Å². The third-order valence-electron chi connectivity index (χ3n) is 2.54. The fourth-order valence-electron chi connectivity index (χ4n) is 1.66. The summed E-state index contributed by atoms with van der Waals surface area (Å²) in [6, 6.07) is 9.72. The first-order valence-corrected chi connectivity index (χ1v) is 7.08. The van der Waals surface area contributed by atoms with Crippen molar-refractivity contribution in [2.45, 2.75) is 6.36 Å². The van der Waals surface area contributed by atoms with Crippen LogP contribution in [0.3, 0.4) is 0 Å². The second kappa shape index (κ2) is 6.23. The highest BCUT2D eigenvalue weighted by Crippen LogP contribution is 2.29. The van der Waals surface area contributed by atoms with Gasteiger partial charge in [-0.3, -0.25) is 4.79 Å². The van der Waals surface area contributed by atoms with Crippen LogP contribution < -0.4 is 4.74 Å². The normalized spacial score (nSPS) is 11.3. The number of alkyl halides is 3. The van der Waals surface area contributed by atoms with E-state index in [4.69, 9.17) is 11.6 Å². The number of ether oxygens (including phenoxy) is 1. The summed E-state index contributed by atoms with van der Waals surface area (Å²) in [5.74, 6) is -1.13. The predicted molar refractivity (Wildman–Crippen MR) is 80.7 cm³/mol. The lowest BCUT2D eigenvalue weighted by molar-refractivity contribution is -0.274. The van der Waals surface area contributed by atoms with Gasteiger partial charge in [-0.2, -0.15) is 0 Å². The Morgan fingerprint density at radius 3 is 2.43 bits per heavy atom. The van der Waals surface area contributed by atoms with Crippen molar-refractivity contribution in [3.05, 3.63) is 62.2 Å². The molecule has 0 aliphatic heterocycles. The van der Waals surface area contributed by atoms with Crippen LogP contribution in [-0.2, 0) is 0 Å². The molecule has 0 amide bonds. The van der Waals surface area contributed by atoms with Gasteiger partial charge >= 0.3 is 6.36 Å². The number of hydrogen-bond donors (Lipinski definition) is 0. The van der Waals surface area contributed by atoms with Crippen LogP contribution >= 0.6 is 34.2 Å². The van der Waals surface area contributed by atoms with Gasteiger partial charge in [-0.1, -0.05) is 23.7 Å². The summed E-state index contributed by atoms with van der Waals surface area (Å²) in [5, 5.41) is 0.357. The largest absolute Gasteiger partial charge is 0.573 e. The second-order valence-corrected chi connectivity index (χ2v) is 5.57.